The summed E-state index contributed by atoms with van der Waals surface area (Å²) in [7, 11) is 0. The molecule has 0 bridgehead atoms. The van der Waals surface area contributed by atoms with Crippen molar-refractivity contribution in [2.75, 3.05) is 6.61 Å². The summed E-state index contributed by atoms with van der Waals surface area (Å²) in [6.07, 6.45) is 34.9. The van der Waals surface area contributed by atoms with Gasteiger partial charge in [-0.3, -0.25) is 4.79 Å². The maximum atomic E-state index is 12.3. The lowest BCUT2D eigenvalue weighted by Crippen LogP contribution is -2.50. The van der Waals surface area contributed by atoms with Gasteiger partial charge in [-0.2, -0.15) is 0 Å². The predicted molar refractivity (Wildman–Crippen MR) is 181 cm³/mol. The molecule has 252 valence electrons. The maximum Gasteiger partial charge on any atom is 0.220 e. The lowest BCUT2D eigenvalue weighted by atomic mass is 9.99. The van der Waals surface area contributed by atoms with E-state index in [0.29, 0.717) is 12.8 Å². The lowest BCUT2D eigenvalue weighted by Gasteiger charge is -2.26. The summed E-state index contributed by atoms with van der Waals surface area (Å²) in [5.74, 6) is -0.143. The van der Waals surface area contributed by atoms with Gasteiger partial charge in [0.2, 0.25) is 5.91 Å². The van der Waals surface area contributed by atoms with Gasteiger partial charge in [0, 0.05) is 6.42 Å². The molecule has 0 saturated heterocycles. The van der Waals surface area contributed by atoms with E-state index in [1.165, 1.54) is 141 Å². The van der Waals surface area contributed by atoms with Crippen LogP contribution in [0.2, 0.25) is 0 Å². The Kier molecular flexibility index (Phi) is 32.7. The Morgan fingerprint density at radius 1 is 0.500 bits per heavy atom. The fraction of sp³-hybridized carbons (Fsp3) is 0.973. The number of hydrogen-bond acceptors (Lipinski definition) is 4. The molecule has 0 spiro atoms. The van der Waals surface area contributed by atoms with E-state index in [1.807, 2.05) is 0 Å². The van der Waals surface area contributed by atoms with Gasteiger partial charge < -0.3 is 20.6 Å². The number of carbonyl (C=O) groups excluding carboxylic acids is 1. The highest BCUT2D eigenvalue weighted by atomic mass is 16.3. The molecular formula is C37H75NO4. The average Bonchev–Trinajstić information content (AvgIpc) is 2.99. The number of amides is 1. The molecule has 0 heterocycles. The summed E-state index contributed by atoms with van der Waals surface area (Å²) < 4.78 is 0. The monoisotopic (exact) mass is 598 g/mol. The van der Waals surface area contributed by atoms with Crippen molar-refractivity contribution in [1.29, 1.82) is 0 Å². The summed E-state index contributed by atoms with van der Waals surface area (Å²) in [4.78, 5) is 12.3. The number of aliphatic hydroxyl groups is 3. The highest BCUT2D eigenvalue weighted by Crippen LogP contribution is 2.16. The largest absolute Gasteiger partial charge is 0.394 e. The van der Waals surface area contributed by atoms with Crippen LogP contribution in [-0.2, 0) is 4.79 Å². The van der Waals surface area contributed by atoms with Gasteiger partial charge in [-0.1, -0.05) is 187 Å². The first kappa shape index (κ1) is 41.4. The summed E-state index contributed by atoms with van der Waals surface area (Å²) >= 11 is 0. The second-order valence-corrected chi connectivity index (χ2v) is 13.1. The van der Waals surface area contributed by atoms with E-state index < -0.39 is 18.2 Å². The van der Waals surface area contributed by atoms with Crippen LogP contribution >= 0.6 is 0 Å². The first-order valence-corrected chi connectivity index (χ1v) is 18.8. The minimum atomic E-state index is -1.13. The smallest absolute Gasteiger partial charge is 0.220 e. The van der Waals surface area contributed by atoms with E-state index in [-0.39, 0.29) is 12.5 Å². The molecule has 0 rings (SSSR count). The number of aliphatic hydroxyl groups excluding tert-OH is 3. The maximum absolute atomic E-state index is 12.3. The quantitative estimate of drug-likeness (QED) is 0.0556. The third kappa shape index (κ3) is 28.1. The minimum Gasteiger partial charge on any atom is -0.394 e. The second kappa shape index (κ2) is 33.2. The molecule has 42 heavy (non-hydrogen) atoms. The molecule has 0 fully saturated rings. The Hall–Kier alpha value is -0.650. The van der Waals surface area contributed by atoms with Gasteiger partial charge in [-0.25, -0.2) is 0 Å². The van der Waals surface area contributed by atoms with Crippen molar-refractivity contribution in [3.63, 3.8) is 0 Å². The fourth-order valence-electron chi connectivity index (χ4n) is 5.99. The molecule has 0 aromatic carbocycles. The second-order valence-electron chi connectivity index (χ2n) is 13.1. The molecular weight excluding hydrogens is 522 g/mol. The van der Waals surface area contributed by atoms with Gasteiger partial charge in [-0.15, -0.1) is 0 Å². The van der Waals surface area contributed by atoms with Crippen LogP contribution in [0.15, 0.2) is 0 Å². The van der Waals surface area contributed by atoms with E-state index in [1.54, 1.807) is 0 Å². The number of unbranched alkanes of at least 4 members (excludes halogenated alkanes) is 26. The van der Waals surface area contributed by atoms with Gasteiger partial charge in [-0.05, 0) is 12.8 Å². The van der Waals surface area contributed by atoms with E-state index in [9.17, 15) is 20.1 Å². The topological polar surface area (TPSA) is 89.8 Å². The fourth-order valence-corrected chi connectivity index (χ4v) is 5.99. The summed E-state index contributed by atoms with van der Waals surface area (Å²) in [6, 6.07) is -0.800. The first-order chi connectivity index (χ1) is 20.6. The molecule has 5 nitrogen and oxygen atoms in total. The molecule has 0 saturated carbocycles. The molecule has 0 aliphatic heterocycles. The Labute approximate surface area is 262 Å². The summed E-state index contributed by atoms with van der Waals surface area (Å²) in [5, 5.41) is 33.2. The van der Waals surface area contributed by atoms with E-state index in [2.05, 4.69) is 19.2 Å². The van der Waals surface area contributed by atoms with Gasteiger partial charge in [0.1, 0.15) is 6.10 Å². The van der Waals surface area contributed by atoms with Crippen LogP contribution in [0.1, 0.15) is 206 Å². The van der Waals surface area contributed by atoms with Crippen molar-refractivity contribution >= 4 is 5.91 Å². The molecule has 1 amide bonds. The molecule has 3 atom stereocenters. The van der Waals surface area contributed by atoms with Crippen LogP contribution < -0.4 is 5.32 Å². The highest BCUT2D eigenvalue weighted by Gasteiger charge is 2.26. The minimum absolute atomic E-state index is 0.143. The van der Waals surface area contributed by atoms with Crippen molar-refractivity contribution in [2.24, 2.45) is 0 Å². The zero-order chi connectivity index (χ0) is 30.9. The molecule has 0 aromatic rings. The highest BCUT2D eigenvalue weighted by molar-refractivity contribution is 5.76. The molecule has 0 aliphatic rings. The SMILES string of the molecule is CCCCCCCCCCCCCCCCCCCCCC(=O)NC(CO)C(O)C(O)CCCCCCCCCCC. The zero-order valence-electron chi connectivity index (χ0n) is 28.4. The number of rotatable bonds is 34. The van der Waals surface area contributed by atoms with Crippen LogP contribution in [0.5, 0.6) is 0 Å². The van der Waals surface area contributed by atoms with Gasteiger partial charge in [0.15, 0.2) is 0 Å². The average molecular weight is 598 g/mol. The van der Waals surface area contributed by atoms with Crippen LogP contribution in [0.4, 0.5) is 0 Å². The standard InChI is InChI=1S/C37H75NO4/c1-3-5-7-9-11-13-14-15-16-17-18-19-20-21-22-24-26-28-30-32-36(41)38-34(33-39)37(42)35(40)31-29-27-25-23-12-10-8-6-4-2/h34-35,37,39-40,42H,3-33H2,1-2H3,(H,38,41). The Bertz CT molecular complexity index is 544. The van der Waals surface area contributed by atoms with E-state index in [4.69, 9.17) is 0 Å². The molecule has 3 unspecified atom stereocenters. The lowest BCUT2D eigenvalue weighted by molar-refractivity contribution is -0.124. The number of carbonyl (C=O) groups is 1. The van der Waals surface area contributed by atoms with Crippen LogP contribution in [-0.4, -0.2) is 46.1 Å². The van der Waals surface area contributed by atoms with Crippen molar-refractivity contribution in [3.8, 4) is 0 Å². The summed E-state index contributed by atoms with van der Waals surface area (Å²) in [6.45, 7) is 4.15. The summed E-state index contributed by atoms with van der Waals surface area (Å²) in [5.41, 5.74) is 0. The van der Waals surface area contributed by atoms with Crippen molar-refractivity contribution < 1.29 is 20.1 Å². The third-order valence-corrected chi connectivity index (χ3v) is 8.96. The van der Waals surface area contributed by atoms with Crippen LogP contribution in [0.25, 0.3) is 0 Å². The predicted octanol–water partition coefficient (Wildman–Crippen LogP) is 9.93. The van der Waals surface area contributed by atoms with Crippen LogP contribution in [0, 0.1) is 0 Å². The van der Waals surface area contributed by atoms with Gasteiger partial charge in [0.05, 0.1) is 18.8 Å². The Morgan fingerprint density at radius 2 is 0.810 bits per heavy atom. The molecule has 0 aromatic heterocycles. The number of nitrogens with one attached hydrogen (secondary N) is 1. The van der Waals surface area contributed by atoms with Crippen molar-refractivity contribution in [3.05, 3.63) is 0 Å². The normalized spacial score (nSPS) is 13.7. The molecule has 5 heteroatoms. The Morgan fingerprint density at radius 3 is 1.14 bits per heavy atom. The van der Waals surface area contributed by atoms with E-state index in [0.717, 1.165) is 38.5 Å². The Balaban J connectivity index is 3.59. The number of hydrogen-bond donors (Lipinski definition) is 4. The molecule has 4 N–H and O–H groups in total. The van der Waals surface area contributed by atoms with E-state index >= 15 is 0 Å². The van der Waals surface area contributed by atoms with Crippen molar-refractivity contribution in [2.45, 2.75) is 225 Å². The molecule has 0 radical (unpaired) electrons. The molecule has 0 aliphatic carbocycles. The third-order valence-electron chi connectivity index (χ3n) is 8.96. The van der Waals surface area contributed by atoms with Gasteiger partial charge in [0.25, 0.3) is 0 Å². The van der Waals surface area contributed by atoms with Crippen molar-refractivity contribution in [1.82, 2.24) is 5.32 Å². The first-order valence-electron chi connectivity index (χ1n) is 18.8. The zero-order valence-corrected chi connectivity index (χ0v) is 28.4. The van der Waals surface area contributed by atoms with Crippen LogP contribution in [0.3, 0.4) is 0 Å². The van der Waals surface area contributed by atoms with Gasteiger partial charge >= 0.3 is 0 Å².